The van der Waals surface area contributed by atoms with Gasteiger partial charge in [-0.2, -0.15) is 0 Å². The summed E-state index contributed by atoms with van der Waals surface area (Å²) in [5, 5.41) is 4.02. The molecule has 0 radical (unpaired) electrons. The molecule has 0 aromatic heterocycles. The van der Waals surface area contributed by atoms with Crippen LogP contribution in [0.2, 0.25) is 0 Å². The summed E-state index contributed by atoms with van der Waals surface area (Å²) in [6, 6.07) is 16.7. The highest BCUT2D eigenvalue weighted by Gasteiger charge is 2.50. The number of hydrogen-bond acceptors (Lipinski definition) is 3. The first-order valence-electron chi connectivity index (χ1n) is 11.4. The molecule has 0 aliphatic heterocycles. The van der Waals surface area contributed by atoms with Crippen molar-refractivity contribution < 1.29 is 9.47 Å². The summed E-state index contributed by atoms with van der Waals surface area (Å²) < 4.78 is 12.2. The summed E-state index contributed by atoms with van der Waals surface area (Å²) in [5.74, 6) is 4.62. The second-order valence-electron chi connectivity index (χ2n) is 9.50. The van der Waals surface area contributed by atoms with Gasteiger partial charge >= 0.3 is 0 Å². The van der Waals surface area contributed by atoms with Crippen LogP contribution in [-0.2, 0) is 13.2 Å². The Morgan fingerprint density at radius 1 is 0.862 bits per heavy atom. The first kappa shape index (κ1) is 19.0. The molecule has 4 aliphatic rings. The number of hydrogen-bond donors (Lipinski definition) is 1. The zero-order chi connectivity index (χ0) is 19.7. The van der Waals surface area contributed by atoms with Gasteiger partial charge in [0.2, 0.25) is 0 Å². The Bertz CT molecular complexity index is 797. The van der Waals surface area contributed by atoms with Crippen molar-refractivity contribution in [3.8, 4) is 11.5 Å². The van der Waals surface area contributed by atoms with Gasteiger partial charge < -0.3 is 14.8 Å². The molecular formula is C26H33NO2. The van der Waals surface area contributed by atoms with E-state index in [1.54, 1.807) is 0 Å². The number of ether oxygens (including phenoxy) is 2. The zero-order valence-corrected chi connectivity index (χ0v) is 17.5. The number of rotatable bonds is 8. The van der Waals surface area contributed by atoms with Crippen LogP contribution in [0.1, 0.15) is 56.6 Å². The van der Waals surface area contributed by atoms with Gasteiger partial charge in [0.15, 0.2) is 11.5 Å². The van der Waals surface area contributed by atoms with Crippen molar-refractivity contribution in [3.63, 3.8) is 0 Å². The third-order valence-electron chi connectivity index (χ3n) is 7.28. The van der Waals surface area contributed by atoms with Crippen LogP contribution in [0.4, 0.5) is 0 Å². The molecule has 29 heavy (non-hydrogen) atoms. The molecule has 2 aromatic rings. The van der Waals surface area contributed by atoms with Crippen LogP contribution < -0.4 is 14.8 Å². The van der Waals surface area contributed by atoms with Gasteiger partial charge in [0.05, 0.1) is 6.61 Å². The number of benzene rings is 2. The predicted octanol–water partition coefficient (Wildman–Crippen LogP) is 5.72. The Morgan fingerprint density at radius 2 is 1.55 bits per heavy atom. The lowest BCUT2D eigenvalue weighted by molar-refractivity contribution is -0.0206. The summed E-state index contributed by atoms with van der Waals surface area (Å²) in [6.45, 7) is 4.10. The average Bonchev–Trinajstić information content (AvgIpc) is 2.71. The van der Waals surface area contributed by atoms with Gasteiger partial charge in [-0.15, -0.1) is 0 Å². The van der Waals surface area contributed by atoms with E-state index in [4.69, 9.17) is 9.47 Å². The fourth-order valence-electron chi connectivity index (χ4n) is 6.47. The van der Waals surface area contributed by atoms with Crippen LogP contribution in [0.3, 0.4) is 0 Å². The smallest absolute Gasteiger partial charge is 0.166 e. The second kappa shape index (κ2) is 8.02. The molecule has 4 saturated carbocycles. The summed E-state index contributed by atoms with van der Waals surface area (Å²) >= 11 is 0. The van der Waals surface area contributed by atoms with E-state index in [9.17, 15) is 0 Å². The van der Waals surface area contributed by atoms with Crippen molar-refractivity contribution in [2.24, 2.45) is 17.8 Å². The van der Waals surface area contributed by atoms with Crippen molar-refractivity contribution in [3.05, 3.63) is 59.7 Å². The average molecular weight is 392 g/mol. The van der Waals surface area contributed by atoms with E-state index in [1.807, 2.05) is 19.1 Å². The molecule has 0 spiro atoms. The normalized spacial score (nSPS) is 29.8. The zero-order valence-electron chi connectivity index (χ0n) is 17.5. The van der Waals surface area contributed by atoms with Crippen molar-refractivity contribution >= 4 is 0 Å². The Balaban J connectivity index is 1.33. The van der Waals surface area contributed by atoms with E-state index in [0.29, 0.717) is 18.8 Å². The second-order valence-corrected chi connectivity index (χ2v) is 9.50. The third kappa shape index (κ3) is 4.02. The van der Waals surface area contributed by atoms with E-state index in [-0.39, 0.29) is 0 Å². The minimum atomic E-state index is 0.354. The SMILES string of the molecule is CCOc1cccc(CNC23CC4CC(CC(C4)C2)C3)c1OCc1ccccc1. The van der Waals surface area contributed by atoms with Gasteiger partial charge in [-0.1, -0.05) is 42.5 Å². The summed E-state index contributed by atoms with van der Waals surface area (Å²) in [6.07, 6.45) is 8.53. The van der Waals surface area contributed by atoms with E-state index in [2.05, 4.69) is 41.7 Å². The molecule has 0 heterocycles. The van der Waals surface area contributed by atoms with Gasteiger partial charge in [0.25, 0.3) is 0 Å². The molecular weight excluding hydrogens is 358 g/mol. The van der Waals surface area contributed by atoms with E-state index in [0.717, 1.165) is 35.8 Å². The molecule has 6 rings (SSSR count). The molecule has 0 atom stereocenters. The van der Waals surface area contributed by atoms with E-state index < -0.39 is 0 Å². The fourth-order valence-corrected chi connectivity index (χ4v) is 6.47. The van der Waals surface area contributed by atoms with E-state index >= 15 is 0 Å². The molecule has 1 N–H and O–H groups in total. The van der Waals surface area contributed by atoms with Gasteiger partial charge in [-0.3, -0.25) is 0 Å². The first-order valence-corrected chi connectivity index (χ1v) is 11.4. The number of para-hydroxylation sites is 1. The molecule has 0 unspecified atom stereocenters. The van der Waals surface area contributed by atoms with Gasteiger partial charge in [-0.25, -0.2) is 0 Å². The van der Waals surface area contributed by atoms with Gasteiger partial charge in [0.1, 0.15) is 6.61 Å². The lowest BCUT2D eigenvalue weighted by Crippen LogP contribution is -2.58. The van der Waals surface area contributed by atoms with Crippen LogP contribution in [0.25, 0.3) is 0 Å². The summed E-state index contributed by atoms with van der Waals surface area (Å²) in [4.78, 5) is 0. The number of nitrogens with one attached hydrogen (secondary N) is 1. The molecule has 0 amide bonds. The van der Waals surface area contributed by atoms with Crippen molar-refractivity contribution in [1.29, 1.82) is 0 Å². The van der Waals surface area contributed by atoms with Gasteiger partial charge in [-0.05, 0) is 74.8 Å². The van der Waals surface area contributed by atoms with Crippen molar-refractivity contribution in [2.45, 2.75) is 64.1 Å². The molecule has 2 aromatic carbocycles. The largest absolute Gasteiger partial charge is 0.490 e. The Labute approximate surface area is 174 Å². The molecule has 3 nitrogen and oxygen atoms in total. The van der Waals surface area contributed by atoms with Crippen LogP contribution in [0.15, 0.2) is 48.5 Å². The fraction of sp³-hybridized carbons (Fsp3) is 0.538. The molecule has 0 saturated heterocycles. The first-order chi connectivity index (χ1) is 14.2. The lowest BCUT2D eigenvalue weighted by Gasteiger charge is -2.57. The van der Waals surface area contributed by atoms with Crippen LogP contribution in [0, 0.1) is 17.8 Å². The standard InChI is InChI=1S/C26H33NO2/c1-2-28-24-10-6-9-23(25(24)29-18-19-7-4-3-5-8-19)17-27-26-14-20-11-21(15-26)13-22(12-20)16-26/h3-10,20-22,27H,2,11-18H2,1H3. The summed E-state index contributed by atoms with van der Waals surface area (Å²) in [5.41, 5.74) is 2.74. The molecule has 154 valence electrons. The quantitative estimate of drug-likeness (QED) is 0.624. The highest BCUT2D eigenvalue weighted by atomic mass is 16.5. The highest BCUT2D eigenvalue weighted by Crippen LogP contribution is 2.55. The maximum atomic E-state index is 6.31. The third-order valence-corrected chi connectivity index (χ3v) is 7.28. The monoisotopic (exact) mass is 391 g/mol. The highest BCUT2D eigenvalue weighted by molar-refractivity contribution is 5.47. The van der Waals surface area contributed by atoms with Gasteiger partial charge in [0, 0.05) is 17.6 Å². The van der Waals surface area contributed by atoms with Crippen LogP contribution >= 0.6 is 0 Å². The van der Waals surface area contributed by atoms with Crippen LogP contribution in [-0.4, -0.2) is 12.1 Å². The lowest BCUT2D eigenvalue weighted by atomic mass is 9.53. The maximum Gasteiger partial charge on any atom is 0.166 e. The van der Waals surface area contributed by atoms with Crippen LogP contribution in [0.5, 0.6) is 11.5 Å². The molecule has 4 fully saturated rings. The Hall–Kier alpha value is -2.00. The maximum absolute atomic E-state index is 6.31. The minimum absolute atomic E-state index is 0.354. The van der Waals surface area contributed by atoms with Crippen molar-refractivity contribution in [2.75, 3.05) is 6.61 Å². The topological polar surface area (TPSA) is 30.5 Å². The minimum Gasteiger partial charge on any atom is -0.490 e. The Morgan fingerprint density at radius 3 is 2.21 bits per heavy atom. The molecule has 3 heteroatoms. The predicted molar refractivity (Wildman–Crippen MR) is 116 cm³/mol. The molecule has 4 bridgehead atoms. The summed E-state index contributed by atoms with van der Waals surface area (Å²) in [7, 11) is 0. The molecule has 4 aliphatic carbocycles. The van der Waals surface area contributed by atoms with E-state index in [1.165, 1.54) is 49.7 Å². The Kier molecular flexibility index (Phi) is 5.26. The van der Waals surface area contributed by atoms with Crippen molar-refractivity contribution in [1.82, 2.24) is 5.32 Å².